The molecule has 158 valence electrons. The SMILES string of the molecule is COc1ccccc1OCc1ccc(C(=O)N2CCN(Cc3ccc(Br)s3)CC2)o1. The molecule has 0 radical (unpaired) electrons. The Bertz CT molecular complexity index is 994. The number of carbonyl (C=O) groups is 1. The second-order valence-corrected chi connectivity index (χ2v) is 9.53. The minimum Gasteiger partial charge on any atom is -0.493 e. The number of thiophene rings is 1. The van der Waals surface area contributed by atoms with E-state index < -0.39 is 0 Å². The first kappa shape index (κ1) is 21.0. The van der Waals surface area contributed by atoms with Crippen molar-refractivity contribution < 1.29 is 18.7 Å². The number of benzene rings is 1. The Balaban J connectivity index is 1.29. The van der Waals surface area contributed by atoms with Gasteiger partial charge in [0.25, 0.3) is 5.91 Å². The average Bonchev–Trinajstić information content (AvgIpc) is 3.41. The van der Waals surface area contributed by atoms with Crippen LogP contribution in [-0.2, 0) is 13.2 Å². The molecule has 0 bridgehead atoms. The molecule has 0 unspecified atom stereocenters. The third-order valence-electron chi connectivity index (χ3n) is 4.98. The van der Waals surface area contributed by atoms with Gasteiger partial charge in [0.05, 0.1) is 10.9 Å². The number of para-hydroxylation sites is 2. The minimum atomic E-state index is -0.0722. The number of hydrogen-bond donors (Lipinski definition) is 0. The lowest BCUT2D eigenvalue weighted by Crippen LogP contribution is -2.48. The van der Waals surface area contributed by atoms with Gasteiger partial charge in [-0.05, 0) is 52.3 Å². The van der Waals surface area contributed by atoms with E-state index in [0.29, 0.717) is 36.1 Å². The molecular formula is C22H23BrN2O4S. The Kier molecular flexibility index (Phi) is 6.76. The third kappa shape index (κ3) is 5.06. The molecule has 1 amide bonds. The molecule has 1 aliphatic rings. The molecule has 1 fully saturated rings. The minimum absolute atomic E-state index is 0.0722. The molecule has 30 heavy (non-hydrogen) atoms. The molecule has 1 saturated heterocycles. The smallest absolute Gasteiger partial charge is 0.289 e. The van der Waals surface area contributed by atoms with Crippen LogP contribution < -0.4 is 9.47 Å². The van der Waals surface area contributed by atoms with Gasteiger partial charge >= 0.3 is 0 Å². The summed E-state index contributed by atoms with van der Waals surface area (Å²) in [5.74, 6) is 2.18. The van der Waals surface area contributed by atoms with Crippen molar-refractivity contribution in [2.24, 2.45) is 0 Å². The number of hydrogen-bond acceptors (Lipinski definition) is 6. The lowest BCUT2D eigenvalue weighted by Gasteiger charge is -2.34. The van der Waals surface area contributed by atoms with Gasteiger partial charge in [0.2, 0.25) is 0 Å². The molecule has 4 rings (SSSR count). The summed E-state index contributed by atoms with van der Waals surface area (Å²) in [4.78, 5) is 18.4. The van der Waals surface area contributed by atoms with Crippen molar-refractivity contribution in [3.63, 3.8) is 0 Å². The van der Waals surface area contributed by atoms with Crippen molar-refractivity contribution >= 4 is 33.2 Å². The fraction of sp³-hybridized carbons (Fsp3) is 0.318. The molecule has 0 atom stereocenters. The second-order valence-electron chi connectivity index (χ2n) is 6.98. The summed E-state index contributed by atoms with van der Waals surface area (Å²) in [5.41, 5.74) is 0. The van der Waals surface area contributed by atoms with Crippen LogP contribution in [0.2, 0.25) is 0 Å². The van der Waals surface area contributed by atoms with E-state index >= 15 is 0 Å². The van der Waals surface area contributed by atoms with Crippen LogP contribution in [-0.4, -0.2) is 49.0 Å². The zero-order valence-electron chi connectivity index (χ0n) is 16.7. The van der Waals surface area contributed by atoms with E-state index in [9.17, 15) is 4.79 Å². The highest BCUT2D eigenvalue weighted by Gasteiger charge is 2.24. The molecule has 0 spiro atoms. The second kappa shape index (κ2) is 9.68. The number of amides is 1. The Morgan fingerprint density at radius 3 is 2.53 bits per heavy atom. The monoisotopic (exact) mass is 490 g/mol. The number of ether oxygens (including phenoxy) is 2. The normalized spacial score (nSPS) is 14.7. The van der Waals surface area contributed by atoms with Crippen LogP contribution >= 0.6 is 27.3 Å². The van der Waals surface area contributed by atoms with E-state index in [2.05, 4.69) is 33.0 Å². The summed E-state index contributed by atoms with van der Waals surface area (Å²) in [6, 6.07) is 15.2. The van der Waals surface area contributed by atoms with Gasteiger partial charge in [-0.25, -0.2) is 0 Å². The van der Waals surface area contributed by atoms with Crippen LogP contribution in [0.1, 0.15) is 21.2 Å². The first-order chi connectivity index (χ1) is 14.6. The Hall–Kier alpha value is -2.29. The summed E-state index contributed by atoms with van der Waals surface area (Å²) in [7, 11) is 1.60. The van der Waals surface area contributed by atoms with Crippen LogP contribution in [0.4, 0.5) is 0 Å². The summed E-state index contributed by atoms with van der Waals surface area (Å²) in [5, 5.41) is 0. The molecule has 8 heteroatoms. The highest BCUT2D eigenvalue weighted by molar-refractivity contribution is 9.11. The highest BCUT2D eigenvalue weighted by atomic mass is 79.9. The Morgan fingerprint density at radius 2 is 1.83 bits per heavy atom. The van der Waals surface area contributed by atoms with E-state index in [0.717, 1.165) is 23.4 Å². The van der Waals surface area contributed by atoms with Gasteiger partial charge in [-0.1, -0.05) is 12.1 Å². The first-order valence-corrected chi connectivity index (χ1v) is 11.3. The van der Waals surface area contributed by atoms with Crippen molar-refractivity contribution in [2.75, 3.05) is 33.3 Å². The third-order valence-corrected chi connectivity index (χ3v) is 6.59. The molecule has 1 aliphatic heterocycles. The van der Waals surface area contributed by atoms with Gasteiger partial charge in [-0.3, -0.25) is 9.69 Å². The van der Waals surface area contributed by atoms with E-state index in [1.165, 1.54) is 4.88 Å². The van der Waals surface area contributed by atoms with Crippen LogP contribution in [0, 0.1) is 0 Å². The maximum absolute atomic E-state index is 12.8. The van der Waals surface area contributed by atoms with E-state index in [1.54, 1.807) is 30.6 Å². The van der Waals surface area contributed by atoms with E-state index in [-0.39, 0.29) is 12.5 Å². The van der Waals surface area contributed by atoms with Crippen molar-refractivity contribution in [2.45, 2.75) is 13.2 Å². The van der Waals surface area contributed by atoms with Gasteiger partial charge in [0, 0.05) is 37.6 Å². The number of halogens is 1. The summed E-state index contributed by atoms with van der Waals surface area (Å²) in [6.07, 6.45) is 0. The molecule has 3 aromatic rings. The van der Waals surface area contributed by atoms with Crippen LogP contribution in [0.3, 0.4) is 0 Å². The van der Waals surface area contributed by atoms with Crippen molar-refractivity contribution in [3.8, 4) is 11.5 Å². The topological polar surface area (TPSA) is 55.2 Å². The fourth-order valence-electron chi connectivity index (χ4n) is 3.38. The van der Waals surface area contributed by atoms with Gasteiger partial charge in [0.15, 0.2) is 17.3 Å². The standard InChI is InChI=1S/C22H23BrN2O4S/c1-27-18-4-2-3-5-19(18)28-15-16-6-8-20(29-16)22(26)25-12-10-24(11-13-25)14-17-7-9-21(23)30-17/h2-9H,10-15H2,1H3. The van der Waals surface area contributed by atoms with Crippen molar-refractivity contribution in [3.05, 3.63) is 68.7 Å². The largest absolute Gasteiger partial charge is 0.493 e. The van der Waals surface area contributed by atoms with Crippen LogP contribution in [0.15, 0.2) is 56.7 Å². The number of nitrogens with zero attached hydrogens (tertiary/aromatic N) is 2. The maximum Gasteiger partial charge on any atom is 0.289 e. The maximum atomic E-state index is 12.8. The molecule has 6 nitrogen and oxygen atoms in total. The van der Waals surface area contributed by atoms with Gasteiger partial charge in [-0.2, -0.15) is 0 Å². The lowest BCUT2D eigenvalue weighted by molar-refractivity contribution is 0.0595. The van der Waals surface area contributed by atoms with Crippen molar-refractivity contribution in [1.82, 2.24) is 9.80 Å². The zero-order valence-corrected chi connectivity index (χ0v) is 19.1. The number of carbonyl (C=O) groups excluding carboxylic acids is 1. The molecular weight excluding hydrogens is 468 g/mol. The summed E-state index contributed by atoms with van der Waals surface area (Å²) < 4.78 is 17.9. The predicted octanol–water partition coefficient (Wildman–Crippen LogP) is 4.65. The van der Waals surface area contributed by atoms with E-state index in [1.807, 2.05) is 29.2 Å². The molecule has 2 aromatic heterocycles. The molecule has 0 saturated carbocycles. The molecule has 0 N–H and O–H groups in total. The average molecular weight is 491 g/mol. The first-order valence-electron chi connectivity index (χ1n) is 9.73. The highest BCUT2D eigenvalue weighted by Crippen LogP contribution is 2.27. The fourth-order valence-corrected chi connectivity index (χ4v) is 4.91. The van der Waals surface area contributed by atoms with Crippen LogP contribution in [0.25, 0.3) is 0 Å². The zero-order chi connectivity index (χ0) is 20.9. The van der Waals surface area contributed by atoms with Crippen molar-refractivity contribution in [1.29, 1.82) is 0 Å². The predicted molar refractivity (Wildman–Crippen MR) is 119 cm³/mol. The summed E-state index contributed by atoms with van der Waals surface area (Å²) >= 11 is 5.26. The van der Waals surface area contributed by atoms with Gasteiger partial charge in [0.1, 0.15) is 12.4 Å². The number of piperazine rings is 1. The van der Waals surface area contributed by atoms with Crippen LogP contribution in [0.5, 0.6) is 11.5 Å². The Labute approximate surface area is 188 Å². The summed E-state index contributed by atoms with van der Waals surface area (Å²) in [6.45, 7) is 4.25. The van der Waals surface area contributed by atoms with Gasteiger partial charge in [-0.15, -0.1) is 11.3 Å². The lowest BCUT2D eigenvalue weighted by atomic mass is 10.2. The number of furan rings is 1. The number of rotatable bonds is 7. The Morgan fingerprint density at radius 1 is 1.07 bits per heavy atom. The van der Waals surface area contributed by atoms with E-state index in [4.69, 9.17) is 13.9 Å². The molecule has 0 aliphatic carbocycles. The quantitative estimate of drug-likeness (QED) is 0.482. The molecule has 1 aromatic carbocycles. The molecule has 3 heterocycles. The van der Waals surface area contributed by atoms with Gasteiger partial charge < -0.3 is 18.8 Å². The number of methoxy groups -OCH3 is 1.